The lowest BCUT2D eigenvalue weighted by Crippen LogP contribution is -2.29. The molecular formula is C20H28FN3O. The summed E-state index contributed by atoms with van der Waals surface area (Å²) in [5, 5.41) is 7.30. The van der Waals surface area contributed by atoms with Crippen LogP contribution in [-0.4, -0.2) is 34.6 Å². The van der Waals surface area contributed by atoms with Crippen LogP contribution in [0.15, 0.2) is 30.3 Å². The fraction of sp³-hybridized carbons (Fsp3) is 0.500. The first kappa shape index (κ1) is 19.2. The molecule has 136 valence electrons. The zero-order valence-corrected chi connectivity index (χ0v) is 15.4. The molecule has 1 aromatic carbocycles. The number of carbonyl (C=O) groups excluding carboxylic acids is 1. The van der Waals surface area contributed by atoms with Crippen LogP contribution in [0.3, 0.4) is 0 Å². The van der Waals surface area contributed by atoms with Crippen LogP contribution in [0.4, 0.5) is 4.39 Å². The van der Waals surface area contributed by atoms with Crippen molar-refractivity contribution >= 4 is 5.91 Å². The molecule has 0 radical (unpaired) electrons. The highest BCUT2D eigenvalue weighted by atomic mass is 19.1. The van der Waals surface area contributed by atoms with E-state index < -0.39 is 0 Å². The van der Waals surface area contributed by atoms with Crippen LogP contribution in [-0.2, 0) is 11.2 Å². The number of benzene rings is 1. The fourth-order valence-electron chi connectivity index (χ4n) is 2.94. The minimum atomic E-state index is -0.250. The number of aromatic amines is 1. The van der Waals surface area contributed by atoms with Gasteiger partial charge >= 0.3 is 0 Å². The second kappa shape index (κ2) is 9.35. The van der Waals surface area contributed by atoms with Crippen LogP contribution < -0.4 is 0 Å². The number of rotatable bonds is 9. The van der Waals surface area contributed by atoms with E-state index in [-0.39, 0.29) is 11.7 Å². The maximum absolute atomic E-state index is 13.0. The average Bonchev–Trinajstić information content (AvgIpc) is 3.04. The number of hydrogen-bond acceptors (Lipinski definition) is 2. The van der Waals surface area contributed by atoms with Gasteiger partial charge in [-0.1, -0.05) is 26.7 Å². The molecule has 0 aliphatic rings. The number of hydrogen-bond donors (Lipinski definition) is 1. The monoisotopic (exact) mass is 345 g/mol. The van der Waals surface area contributed by atoms with Crippen molar-refractivity contribution in [3.05, 3.63) is 41.8 Å². The predicted octanol–water partition coefficient (Wildman–Crippen LogP) is 4.43. The van der Waals surface area contributed by atoms with E-state index in [1.807, 2.05) is 18.0 Å². The first-order valence-corrected chi connectivity index (χ1v) is 9.03. The lowest BCUT2D eigenvalue weighted by Gasteiger charge is -2.19. The molecule has 1 N–H and O–H groups in total. The minimum absolute atomic E-state index is 0.220. The molecule has 5 heteroatoms. The number of nitrogens with zero attached hydrogens (tertiary/aromatic N) is 2. The highest BCUT2D eigenvalue weighted by molar-refractivity contribution is 5.76. The minimum Gasteiger partial charge on any atom is -0.346 e. The van der Waals surface area contributed by atoms with Crippen molar-refractivity contribution in [2.75, 3.05) is 13.6 Å². The first-order chi connectivity index (χ1) is 12.0. The maximum atomic E-state index is 13.0. The van der Waals surface area contributed by atoms with E-state index in [9.17, 15) is 9.18 Å². The molecular weight excluding hydrogens is 317 g/mol. The summed E-state index contributed by atoms with van der Waals surface area (Å²) < 4.78 is 13.0. The second-order valence-corrected chi connectivity index (χ2v) is 6.80. The molecule has 0 saturated heterocycles. The van der Waals surface area contributed by atoms with Gasteiger partial charge in [0.25, 0.3) is 0 Å². The number of amides is 1. The van der Waals surface area contributed by atoms with Crippen molar-refractivity contribution in [2.24, 2.45) is 5.92 Å². The molecule has 1 unspecified atom stereocenters. The Hall–Kier alpha value is -2.17. The Labute approximate surface area is 149 Å². The fourth-order valence-corrected chi connectivity index (χ4v) is 2.94. The Morgan fingerprint density at radius 1 is 1.32 bits per heavy atom. The maximum Gasteiger partial charge on any atom is 0.222 e. The Bertz CT molecular complexity index is 666. The Kier molecular flexibility index (Phi) is 7.16. The van der Waals surface area contributed by atoms with Crippen LogP contribution in [0.5, 0.6) is 0 Å². The van der Waals surface area contributed by atoms with Gasteiger partial charge < -0.3 is 4.90 Å². The van der Waals surface area contributed by atoms with Gasteiger partial charge in [-0.3, -0.25) is 9.89 Å². The molecule has 0 aliphatic heterocycles. The molecule has 0 fully saturated rings. The number of halogens is 1. The number of carbonyl (C=O) groups is 1. The highest BCUT2D eigenvalue weighted by Crippen LogP contribution is 2.18. The van der Waals surface area contributed by atoms with Gasteiger partial charge in [-0.05, 0) is 49.1 Å². The predicted molar refractivity (Wildman–Crippen MR) is 98.6 cm³/mol. The molecule has 0 bridgehead atoms. The van der Waals surface area contributed by atoms with Crippen molar-refractivity contribution in [1.82, 2.24) is 15.1 Å². The van der Waals surface area contributed by atoms with Gasteiger partial charge in [-0.15, -0.1) is 0 Å². The van der Waals surface area contributed by atoms with E-state index in [1.54, 1.807) is 12.1 Å². The molecule has 0 saturated carbocycles. The van der Waals surface area contributed by atoms with Gasteiger partial charge in [0.2, 0.25) is 5.91 Å². The van der Waals surface area contributed by atoms with Gasteiger partial charge in [-0.25, -0.2) is 4.39 Å². The summed E-state index contributed by atoms with van der Waals surface area (Å²) in [5.74, 6) is 0.420. The average molecular weight is 345 g/mol. The first-order valence-electron chi connectivity index (χ1n) is 9.03. The molecule has 1 aromatic heterocycles. The molecule has 4 nitrogen and oxygen atoms in total. The Balaban J connectivity index is 1.78. The number of nitrogens with one attached hydrogen (secondary N) is 1. The topological polar surface area (TPSA) is 49.0 Å². The van der Waals surface area contributed by atoms with Gasteiger partial charge in [0, 0.05) is 31.3 Å². The highest BCUT2D eigenvalue weighted by Gasteiger charge is 2.13. The van der Waals surface area contributed by atoms with Gasteiger partial charge in [0.15, 0.2) is 0 Å². The molecule has 1 heterocycles. The van der Waals surface area contributed by atoms with E-state index in [4.69, 9.17) is 0 Å². The Morgan fingerprint density at radius 3 is 2.72 bits per heavy atom. The van der Waals surface area contributed by atoms with Crippen LogP contribution in [0, 0.1) is 11.7 Å². The smallest absolute Gasteiger partial charge is 0.222 e. The van der Waals surface area contributed by atoms with E-state index in [0.717, 1.165) is 49.2 Å². The summed E-state index contributed by atoms with van der Waals surface area (Å²) in [7, 11) is 1.87. The third-order valence-corrected chi connectivity index (χ3v) is 4.44. The molecule has 25 heavy (non-hydrogen) atoms. The SMILES string of the molecule is CCCC(C)CC(=O)N(C)CCCc1cc(-c2ccc(F)cc2)n[nH]1. The third kappa shape index (κ3) is 6.00. The quantitative estimate of drug-likeness (QED) is 0.731. The third-order valence-electron chi connectivity index (χ3n) is 4.44. The van der Waals surface area contributed by atoms with Crippen molar-refractivity contribution in [3.8, 4) is 11.3 Å². The normalized spacial score (nSPS) is 12.2. The summed E-state index contributed by atoms with van der Waals surface area (Å²) in [4.78, 5) is 14.0. The lowest BCUT2D eigenvalue weighted by molar-refractivity contribution is -0.130. The zero-order chi connectivity index (χ0) is 18.2. The number of aryl methyl sites for hydroxylation is 1. The summed E-state index contributed by atoms with van der Waals surface area (Å²) >= 11 is 0. The molecule has 1 atom stereocenters. The molecule has 0 spiro atoms. The van der Waals surface area contributed by atoms with Crippen molar-refractivity contribution < 1.29 is 9.18 Å². The Morgan fingerprint density at radius 2 is 2.04 bits per heavy atom. The van der Waals surface area contributed by atoms with E-state index >= 15 is 0 Å². The van der Waals surface area contributed by atoms with Crippen molar-refractivity contribution in [1.29, 1.82) is 0 Å². The van der Waals surface area contributed by atoms with E-state index in [1.165, 1.54) is 12.1 Å². The van der Waals surface area contributed by atoms with Crippen LogP contribution >= 0.6 is 0 Å². The summed E-state index contributed by atoms with van der Waals surface area (Å²) in [6, 6.07) is 8.30. The number of H-pyrrole nitrogens is 1. The lowest BCUT2D eigenvalue weighted by atomic mass is 10.0. The summed E-state index contributed by atoms with van der Waals surface area (Å²) in [6.07, 6.45) is 4.56. The largest absolute Gasteiger partial charge is 0.346 e. The molecule has 2 aromatic rings. The number of aromatic nitrogens is 2. The van der Waals surface area contributed by atoms with Crippen LogP contribution in [0.1, 0.15) is 45.2 Å². The van der Waals surface area contributed by atoms with E-state index in [0.29, 0.717) is 12.3 Å². The summed E-state index contributed by atoms with van der Waals surface area (Å²) in [6.45, 7) is 5.02. The van der Waals surface area contributed by atoms with Crippen molar-refractivity contribution in [3.63, 3.8) is 0 Å². The van der Waals surface area contributed by atoms with E-state index in [2.05, 4.69) is 24.0 Å². The van der Waals surface area contributed by atoms with Crippen molar-refractivity contribution in [2.45, 2.75) is 46.0 Å². The standard InChI is InChI=1S/C20H28FN3O/c1-4-6-15(2)13-20(25)24(3)12-5-7-18-14-19(23-22-18)16-8-10-17(21)11-9-16/h8-11,14-15H,4-7,12-13H2,1-3H3,(H,22,23). The summed E-state index contributed by atoms with van der Waals surface area (Å²) in [5.41, 5.74) is 2.73. The van der Waals surface area contributed by atoms with Gasteiger partial charge in [0.1, 0.15) is 5.82 Å². The van der Waals surface area contributed by atoms with Gasteiger partial charge in [0.05, 0.1) is 5.69 Å². The zero-order valence-electron chi connectivity index (χ0n) is 15.4. The second-order valence-electron chi connectivity index (χ2n) is 6.80. The molecule has 1 amide bonds. The molecule has 0 aliphatic carbocycles. The van der Waals surface area contributed by atoms with Crippen LogP contribution in [0.2, 0.25) is 0 Å². The molecule has 2 rings (SSSR count). The van der Waals surface area contributed by atoms with Gasteiger partial charge in [-0.2, -0.15) is 5.10 Å². The van der Waals surface area contributed by atoms with Crippen LogP contribution in [0.25, 0.3) is 11.3 Å².